The summed E-state index contributed by atoms with van der Waals surface area (Å²) in [7, 11) is -1.97. The van der Waals surface area contributed by atoms with Crippen LogP contribution in [-0.4, -0.2) is 8.07 Å². The second-order valence-electron chi connectivity index (χ2n) is 13.0. The van der Waals surface area contributed by atoms with Crippen LogP contribution in [0.2, 0.25) is 12.1 Å². The molecule has 0 N–H and O–H groups in total. The number of terminal acetylenes is 1. The molecule has 2 aromatic rings. The SMILES string of the molecule is C#CC#CC#CC#CC#CC#CC#CC#CC#COc1cc2c(cc1C)[Si](CCCCCCCC)(CCCCCCCC)c1cc(C)c(C)cc1-2. The molecule has 51 heavy (non-hydrogen) atoms. The van der Waals surface area contributed by atoms with E-state index in [1.165, 1.54) is 111 Å². The summed E-state index contributed by atoms with van der Waals surface area (Å²) in [5.74, 6) is 41.7. The smallest absolute Gasteiger partial charge is 0.143 e. The number of fused-ring (bicyclic) bond motifs is 3. The Balaban J connectivity index is 1.82. The summed E-state index contributed by atoms with van der Waals surface area (Å²) >= 11 is 0. The van der Waals surface area contributed by atoms with Gasteiger partial charge in [-0.05, 0) is 124 Å². The van der Waals surface area contributed by atoms with Gasteiger partial charge in [-0.2, -0.15) is 0 Å². The fraction of sp³-hybridized carbons (Fsp3) is 0.388. The van der Waals surface area contributed by atoms with Gasteiger partial charge < -0.3 is 4.74 Å². The Kier molecular flexibility index (Phi) is 18.0. The maximum absolute atomic E-state index is 6.01. The molecule has 1 heterocycles. The predicted octanol–water partition coefficient (Wildman–Crippen LogP) is 8.87. The number of ether oxygens (including phenoxy) is 1. The van der Waals surface area contributed by atoms with Crippen LogP contribution in [0, 0.1) is 128 Å². The lowest BCUT2D eigenvalue weighted by Gasteiger charge is -2.31. The van der Waals surface area contributed by atoms with Crippen LogP contribution in [0.4, 0.5) is 0 Å². The molecule has 0 spiro atoms. The Bertz CT molecular complexity index is 2080. The molecule has 0 atom stereocenters. The largest absolute Gasteiger partial charge is 0.406 e. The highest BCUT2D eigenvalue weighted by atomic mass is 28.3. The van der Waals surface area contributed by atoms with E-state index in [1.807, 2.05) is 0 Å². The van der Waals surface area contributed by atoms with Gasteiger partial charge in [0.05, 0.1) is 0 Å². The van der Waals surface area contributed by atoms with Crippen molar-refractivity contribution in [3.05, 3.63) is 41.0 Å². The lowest BCUT2D eigenvalue weighted by Crippen LogP contribution is -2.55. The van der Waals surface area contributed by atoms with Crippen LogP contribution in [0.5, 0.6) is 5.75 Å². The summed E-state index contributed by atoms with van der Waals surface area (Å²) in [6.45, 7) is 11.3. The molecule has 1 nitrogen and oxygen atoms in total. The minimum Gasteiger partial charge on any atom is -0.406 e. The lowest BCUT2D eigenvalue weighted by atomic mass is 9.99. The monoisotopic (exact) mass is 680 g/mol. The third-order valence-corrected chi connectivity index (χ3v) is 14.6. The molecule has 0 aromatic heterocycles. The second-order valence-corrected chi connectivity index (χ2v) is 17.2. The van der Waals surface area contributed by atoms with E-state index in [1.54, 1.807) is 10.4 Å². The molecule has 0 unspecified atom stereocenters. The highest BCUT2D eigenvalue weighted by molar-refractivity contribution is 7.05. The minimum absolute atomic E-state index is 0.793. The van der Waals surface area contributed by atoms with E-state index in [0.717, 1.165) is 11.3 Å². The summed E-state index contributed by atoms with van der Waals surface area (Å²) in [6, 6.07) is 12.4. The molecule has 2 heteroatoms. The topological polar surface area (TPSA) is 9.23 Å². The first kappa shape index (κ1) is 39.9. The third-order valence-electron chi connectivity index (χ3n) is 9.34. The van der Waals surface area contributed by atoms with Crippen LogP contribution in [0.15, 0.2) is 24.3 Å². The van der Waals surface area contributed by atoms with Crippen molar-refractivity contribution in [2.75, 3.05) is 0 Å². The van der Waals surface area contributed by atoms with Gasteiger partial charge in [-0.3, -0.25) is 0 Å². The molecule has 0 bridgehead atoms. The Hall–Kier alpha value is -5.50. The van der Waals surface area contributed by atoms with Crippen molar-refractivity contribution in [2.45, 2.75) is 124 Å². The van der Waals surface area contributed by atoms with Crippen molar-refractivity contribution in [3.8, 4) is 124 Å². The molecule has 0 saturated heterocycles. The molecule has 0 radical (unpaired) electrons. The maximum atomic E-state index is 6.01. The molecule has 254 valence electrons. The van der Waals surface area contributed by atoms with E-state index in [-0.39, 0.29) is 0 Å². The molecular formula is C49H48OSi. The van der Waals surface area contributed by atoms with Gasteiger partial charge in [0.1, 0.15) is 19.9 Å². The van der Waals surface area contributed by atoms with Crippen molar-refractivity contribution < 1.29 is 4.74 Å². The number of hydrogen-bond acceptors (Lipinski definition) is 1. The maximum Gasteiger partial charge on any atom is 0.143 e. The molecule has 0 fully saturated rings. The Morgan fingerprint density at radius 1 is 0.471 bits per heavy atom. The molecule has 2 aromatic carbocycles. The summed E-state index contributed by atoms with van der Waals surface area (Å²) in [6.07, 6.45) is 23.8. The average molecular weight is 681 g/mol. The zero-order valence-corrected chi connectivity index (χ0v) is 32.2. The molecule has 0 saturated carbocycles. The van der Waals surface area contributed by atoms with E-state index >= 15 is 0 Å². The van der Waals surface area contributed by atoms with E-state index in [2.05, 4.69) is 160 Å². The van der Waals surface area contributed by atoms with Crippen LogP contribution >= 0.6 is 0 Å². The van der Waals surface area contributed by atoms with Gasteiger partial charge in [0, 0.05) is 47.4 Å². The summed E-state index contributed by atoms with van der Waals surface area (Å²) in [5.41, 5.74) is 6.66. The summed E-state index contributed by atoms with van der Waals surface area (Å²) in [4.78, 5) is 0. The lowest BCUT2D eigenvalue weighted by molar-refractivity contribution is 0.516. The molecule has 0 aliphatic carbocycles. The minimum atomic E-state index is -1.97. The van der Waals surface area contributed by atoms with Gasteiger partial charge in [-0.15, -0.1) is 6.42 Å². The highest BCUT2D eigenvalue weighted by Crippen LogP contribution is 2.39. The average Bonchev–Trinajstić information content (AvgIpc) is 3.36. The molecule has 1 aliphatic rings. The van der Waals surface area contributed by atoms with Crippen LogP contribution < -0.4 is 15.1 Å². The van der Waals surface area contributed by atoms with Crippen molar-refractivity contribution in [2.24, 2.45) is 0 Å². The second kappa shape index (κ2) is 23.0. The zero-order valence-electron chi connectivity index (χ0n) is 31.2. The van der Waals surface area contributed by atoms with E-state index in [9.17, 15) is 0 Å². The first-order valence-electron chi connectivity index (χ1n) is 18.4. The Morgan fingerprint density at radius 2 is 0.863 bits per heavy atom. The number of aryl methyl sites for hydroxylation is 3. The quantitative estimate of drug-likeness (QED) is 0.104. The molecule has 0 amide bonds. The van der Waals surface area contributed by atoms with Gasteiger partial charge in [0.2, 0.25) is 0 Å². The number of rotatable bonds is 15. The number of unbranched alkanes of at least 4 members (excludes halogenated alkanes) is 10. The van der Waals surface area contributed by atoms with E-state index < -0.39 is 8.07 Å². The van der Waals surface area contributed by atoms with Crippen LogP contribution in [-0.2, 0) is 0 Å². The highest BCUT2D eigenvalue weighted by Gasteiger charge is 2.45. The standard InChI is InChI=1S/C49H48OSi/c1-7-10-13-16-19-20-21-22-23-24-25-26-27-28-29-32-35-50-47-41-46-45-38-42(4)43(5)39-48(45)51(49(46)40-44(47)6,36-33-30-17-14-11-8-2)37-34-31-18-15-12-9-3/h1,38-41H,8-9,11-12,14-15,17-18,30-31,33-34,36-37H2,2-6H3. The summed E-state index contributed by atoms with van der Waals surface area (Å²) in [5, 5.41) is 3.25. The van der Waals surface area contributed by atoms with Crippen molar-refractivity contribution in [1.29, 1.82) is 0 Å². The fourth-order valence-corrected chi connectivity index (χ4v) is 12.4. The van der Waals surface area contributed by atoms with Crippen LogP contribution in [0.3, 0.4) is 0 Å². The third kappa shape index (κ3) is 12.7. The number of hydrogen-bond donors (Lipinski definition) is 0. The van der Waals surface area contributed by atoms with Gasteiger partial charge >= 0.3 is 0 Å². The molecule has 1 aliphatic heterocycles. The Morgan fingerprint density at radius 3 is 1.35 bits per heavy atom. The van der Waals surface area contributed by atoms with Gasteiger partial charge in [0.15, 0.2) is 0 Å². The van der Waals surface area contributed by atoms with E-state index in [4.69, 9.17) is 11.2 Å². The predicted molar refractivity (Wildman–Crippen MR) is 219 cm³/mol. The van der Waals surface area contributed by atoms with Gasteiger partial charge in [-0.25, -0.2) is 0 Å². The first-order chi connectivity index (χ1) is 25.0. The van der Waals surface area contributed by atoms with Crippen molar-refractivity contribution in [1.82, 2.24) is 0 Å². The van der Waals surface area contributed by atoms with Gasteiger partial charge in [0.25, 0.3) is 0 Å². The fourth-order valence-electron chi connectivity index (χ4n) is 6.62. The van der Waals surface area contributed by atoms with Crippen molar-refractivity contribution >= 4 is 18.4 Å². The van der Waals surface area contributed by atoms with Crippen LogP contribution in [0.1, 0.15) is 108 Å². The van der Waals surface area contributed by atoms with Crippen molar-refractivity contribution in [3.63, 3.8) is 0 Å². The van der Waals surface area contributed by atoms with E-state index in [0.29, 0.717) is 0 Å². The van der Waals surface area contributed by atoms with Gasteiger partial charge in [-0.1, -0.05) is 109 Å². The molecule has 3 rings (SSSR count). The Labute approximate surface area is 310 Å². The number of benzene rings is 2. The zero-order chi connectivity index (χ0) is 36.6. The first-order valence-corrected chi connectivity index (χ1v) is 20.8. The van der Waals surface area contributed by atoms with Crippen LogP contribution in [0.25, 0.3) is 11.1 Å². The normalized spacial score (nSPS) is 10.4. The summed E-state index contributed by atoms with van der Waals surface area (Å²) < 4.78 is 6.01. The molecular weight excluding hydrogens is 633 g/mol.